The van der Waals surface area contributed by atoms with Gasteiger partial charge in [0, 0.05) is 30.5 Å². The number of hydrogen-bond donors (Lipinski definition) is 1. The van der Waals surface area contributed by atoms with E-state index in [4.69, 9.17) is 4.74 Å². The highest BCUT2D eigenvalue weighted by molar-refractivity contribution is 6.46. The van der Waals surface area contributed by atoms with Crippen LogP contribution in [0.25, 0.3) is 5.76 Å². The Labute approximate surface area is 211 Å². The van der Waals surface area contributed by atoms with E-state index in [0.717, 1.165) is 24.3 Å². The maximum atomic E-state index is 13.3. The second kappa shape index (κ2) is 11.1. The third-order valence-corrected chi connectivity index (χ3v) is 6.35. The van der Waals surface area contributed by atoms with Gasteiger partial charge in [-0.2, -0.15) is 0 Å². The number of benzene rings is 2. The summed E-state index contributed by atoms with van der Waals surface area (Å²) in [5.41, 5.74) is 2.92. The van der Waals surface area contributed by atoms with E-state index in [0.29, 0.717) is 23.6 Å². The number of hydrogen-bond acceptors (Lipinski definition) is 6. The van der Waals surface area contributed by atoms with Crippen molar-refractivity contribution in [2.45, 2.75) is 33.4 Å². The molecule has 1 amide bonds. The summed E-state index contributed by atoms with van der Waals surface area (Å²) in [4.78, 5) is 34.6. The second-order valence-corrected chi connectivity index (χ2v) is 8.47. The van der Waals surface area contributed by atoms with Crippen LogP contribution < -0.4 is 9.64 Å². The quantitative estimate of drug-likeness (QED) is 0.262. The summed E-state index contributed by atoms with van der Waals surface area (Å²) in [6, 6.07) is 19.4. The zero-order valence-electron chi connectivity index (χ0n) is 20.8. The normalized spacial score (nSPS) is 16.9. The van der Waals surface area contributed by atoms with Gasteiger partial charge in [-0.25, -0.2) is 0 Å². The van der Waals surface area contributed by atoms with Crippen LogP contribution in [0.4, 0.5) is 5.69 Å². The molecule has 1 aromatic heterocycles. The van der Waals surface area contributed by atoms with E-state index in [9.17, 15) is 14.7 Å². The number of ether oxygens (including phenoxy) is 1. The lowest BCUT2D eigenvalue weighted by molar-refractivity contribution is -0.140. The number of aliphatic hydroxyl groups excluding tert-OH is 1. The van der Waals surface area contributed by atoms with Gasteiger partial charge in [-0.05, 0) is 62.7 Å². The van der Waals surface area contributed by atoms with Crippen LogP contribution in [0.2, 0.25) is 0 Å². The topological polar surface area (TPSA) is 83.0 Å². The molecule has 3 aromatic rings. The first-order valence-corrected chi connectivity index (χ1v) is 12.2. The number of amides is 1. The number of carbonyl (C=O) groups excluding carboxylic acids is 2. The lowest BCUT2D eigenvalue weighted by Gasteiger charge is -2.26. The van der Waals surface area contributed by atoms with Gasteiger partial charge in [-0.3, -0.25) is 14.6 Å². The predicted molar refractivity (Wildman–Crippen MR) is 140 cm³/mol. The van der Waals surface area contributed by atoms with Gasteiger partial charge in [0.15, 0.2) is 0 Å². The van der Waals surface area contributed by atoms with E-state index in [1.54, 1.807) is 36.5 Å². The molecule has 7 nitrogen and oxygen atoms in total. The van der Waals surface area contributed by atoms with Crippen molar-refractivity contribution in [3.63, 3.8) is 0 Å². The number of rotatable bonds is 9. The Bertz CT molecular complexity index is 1250. The summed E-state index contributed by atoms with van der Waals surface area (Å²) in [5.74, 6) is -1.04. The number of nitrogens with zero attached hydrogens (tertiary/aromatic N) is 3. The standard InChI is InChI=1S/C29H31N3O4/c1-4-31(5-2)23-15-13-20(14-16-23)26-25(27(33)21-10-9-12-24(18-21)36-6-3)28(34)29(35)32(26)19-22-11-7-8-17-30-22/h7-18,26,33H,4-6,19H2,1-3H3/b27-25-. The minimum Gasteiger partial charge on any atom is -0.507 e. The summed E-state index contributed by atoms with van der Waals surface area (Å²) in [7, 11) is 0. The third-order valence-electron chi connectivity index (χ3n) is 6.35. The van der Waals surface area contributed by atoms with Crippen LogP contribution in [0.1, 0.15) is 43.6 Å². The number of carbonyl (C=O) groups is 2. The lowest BCUT2D eigenvalue weighted by Crippen LogP contribution is -2.29. The smallest absolute Gasteiger partial charge is 0.296 e. The molecule has 1 unspecified atom stereocenters. The van der Waals surface area contributed by atoms with Gasteiger partial charge in [0.1, 0.15) is 11.5 Å². The molecule has 7 heteroatoms. The zero-order chi connectivity index (χ0) is 25.7. The molecule has 1 aliphatic heterocycles. The van der Waals surface area contributed by atoms with Crippen LogP contribution in [-0.4, -0.2) is 46.4 Å². The molecule has 0 aliphatic carbocycles. The van der Waals surface area contributed by atoms with Crippen LogP contribution in [-0.2, 0) is 16.1 Å². The fraction of sp³-hybridized carbons (Fsp3) is 0.276. The minimum absolute atomic E-state index is 0.0557. The number of aliphatic hydroxyl groups is 1. The van der Waals surface area contributed by atoms with E-state index >= 15 is 0 Å². The van der Waals surface area contributed by atoms with Crippen molar-refractivity contribution in [2.75, 3.05) is 24.6 Å². The van der Waals surface area contributed by atoms with Gasteiger partial charge in [-0.1, -0.05) is 30.3 Å². The number of Topliss-reactive ketones (excluding diaryl/α,β-unsaturated/α-hetero) is 1. The molecule has 0 saturated carbocycles. The van der Waals surface area contributed by atoms with Gasteiger partial charge in [0.25, 0.3) is 11.7 Å². The van der Waals surface area contributed by atoms with Crippen molar-refractivity contribution in [3.8, 4) is 5.75 Å². The van der Waals surface area contributed by atoms with Gasteiger partial charge in [0.2, 0.25) is 0 Å². The van der Waals surface area contributed by atoms with Crippen molar-refractivity contribution >= 4 is 23.1 Å². The zero-order valence-corrected chi connectivity index (χ0v) is 20.8. The Kier molecular flexibility index (Phi) is 7.68. The first-order chi connectivity index (χ1) is 17.5. The van der Waals surface area contributed by atoms with E-state index in [2.05, 4.69) is 23.7 Å². The Morgan fingerprint density at radius 1 is 1.00 bits per heavy atom. The van der Waals surface area contributed by atoms with Crippen LogP contribution in [0, 0.1) is 0 Å². The second-order valence-electron chi connectivity index (χ2n) is 8.47. The number of ketones is 1. The number of aromatic nitrogens is 1. The number of likely N-dealkylation sites (tertiary alicyclic amines) is 1. The van der Waals surface area contributed by atoms with Crippen molar-refractivity contribution in [1.82, 2.24) is 9.88 Å². The first-order valence-electron chi connectivity index (χ1n) is 12.2. The number of pyridine rings is 1. The summed E-state index contributed by atoms with van der Waals surface area (Å²) in [5, 5.41) is 11.3. The molecule has 1 N–H and O–H groups in total. The highest BCUT2D eigenvalue weighted by Crippen LogP contribution is 2.41. The van der Waals surface area contributed by atoms with Crippen molar-refractivity contribution < 1.29 is 19.4 Å². The van der Waals surface area contributed by atoms with E-state index in [-0.39, 0.29) is 17.9 Å². The molecule has 2 aromatic carbocycles. The Morgan fingerprint density at radius 3 is 2.39 bits per heavy atom. The molecule has 1 fully saturated rings. The van der Waals surface area contributed by atoms with E-state index < -0.39 is 17.7 Å². The predicted octanol–water partition coefficient (Wildman–Crippen LogP) is 4.95. The number of anilines is 1. The maximum absolute atomic E-state index is 13.3. The highest BCUT2D eigenvalue weighted by Gasteiger charge is 2.46. The molecule has 1 saturated heterocycles. The molecule has 36 heavy (non-hydrogen) atoms. The van der Waals surface area contributed by atoms with E-state index in [1.807, 2.05) is 43.3 Å². The average molecular weight is 486 g/mol. The Hall–Kier alpha value is -4.13. The molecule has 0 bridgehead atoms. The maximum Gasteiger partial charge on any atom is 0.296 e. The molecule has 4 rings (SSSR count). The van der Waals surface area contributed by atoms with Crippen LogP contribution in [0.3, 0.4) is 0 Å². The fourth-order valence-corrected chi connectivity index (χ4v) is 4.57. The molecule has 0 radical (unpaired) electrons. The highest BCUT2D eigenvalue weighted by atomic mass is 16.5. The first kappa shape index (κ1) is 25.0. The molecule has 1 atom stereocenters. The fourth-order valence-electron chi connectivity index (χ4n) is 4.57. The molecular weight excluding hydrogens is 454 g/mol. The average Bonchev–Trinajstić information content (AvgIpc) is 3.15. The van der Waals surface area contributed by atoms with Crippen LogP contribution >= 0.6 is 0 Å². The van der Waals surface area contributed by atoms with Crippen molar-refractivity contribution in [2.24, 2.45) is 0 Å². The van der Waals surface area contributed by atoms with E-state index in [1.165, 1.54) is 4.90 Å². The lowest BCUT2D eigenvalue weighted by atomic mass is 9.95. The van der Waals surface area contributed by atoms with Gasteiger partial charge in [-0.15, -0.1) is 0 Å². The summed E-state index contributed by atoms with van der Waals surface area (Å²) in [6.07, 6.45) is 1.65. The van der Waals surface area contributed by atoms with Crippen LogP contribution in [0.15, 0.2) is 78.5 Å². The minimum atomic E-state index is -0.756. The largest absolute Gasteiger partial charge is 0.507 e. The van der Waals surface area contributed by atoms with Crippen molar-refractivity contribution in [1.29, 1.82) is 0 Å². The van der Waals surface area contributed by atoms with Crippen molar-refractivity contribution in [3.05, 3.63) is 95.3 Å². The van der Waals surface area contributed by atoms with Gasteiger partial charge in [0.05, 0.1) is 30.5 Å². The summed E-state index contributed by atoms with van der Waals surface area (Å²) in [6.45, 7) is 8.40. The third kappa shape index (κ3) is 4.96. The molecular formula is C29H31N3O4. The summed E-state index contributed by atoms with van der Waals surface area (Å²) < 4.78 is 5.57. The molecule has 0 spiro atoms. The van der Waals surface area contributed by atoms with Gasteiger partial charge >= 0.3 is 0 Å². The van der Waals surface area contributed by atoms with Crippen LogP contribution in [0.5, 0.6) is 5.75 Å². The molecule has 2 heterocycles. The Balaban J connectivity index is 1.82. The van der Waals surface area contributed by atoms with Gasteiger partial charge < -0.3 is 19.6 Å². The molecule has 186 valence electrons. The summed E-state index contributed by atoms with van der Waals surface area (Å²) >= 11 is 0. The molecule has 1 aliphatic rings. The monoisotopic (exact) mass is 485 g/mol. The SMILES string of the molecule is CCOc1cccc(/C(O)=C2/C(=O)C(=O)N(Cc3ccccn3)C2c2ccc(N(CC)CC)cc2)c1. The Morgan fingerprint density at radius 2 is 1.75 bits per heavy atom.